The molecule has 0 fully saturated rings. The molecule has 3 aromatic rings. The number of rotatable bonds is 9. The number of halogens is 1. The summed E-state index contributed by atoms with van der Waals surface area (Å²) in [5.41, 5.74) is 2.05. The van der Waals surface area contributed by atoms with Gasteiger partial charge >= 0.3 is 0 Å². The Bertz CT molecular complexity index is 951. The summed E-state index contributed by atoms with van der Waals surface area (Å²) in [7, 11) is 0. The van der Waals surface area contributed by atoms with Crippen LogP contribution < -0.4 is 14.8 Å². The fraction of sp³-hybridized carbons (Fsp3) is 0.227. The molecule has 2 aromatic heterocycles. The van der Waals surface area contributed by atoms with Crippen LogP contribution in [0.1, 0.15) is 24.0 Å². The molecular formula is C22H22ClN3O3. The highest BCUT2D eigenvalue weighted by Crippen LogP contribution is 2.25. The van der Waals surface area contributed by atoms with Crippen LogP contribution in [0.3, 0.4) is 0 Å². The fourth-order valence-electron chi connectivity index (χ4n) is 2.57. The number of anilines is 1. The van der Waals surface area contributed by atoms with Crippen molar-refractivity contribution >= 4 is 23.3 Å². The Morgan fingerprint density at radius 2 is 1.90 bits per heavy atom. The van der Waals surface area contributed by atoms with E-state index in [1.165, 1.54) is 0 Å². The maximum atomic E-state index is 12.3. The largest absolute Gasteiger partial charge is 0.492 e. The molecule has 0 saturated carbocycles. The summed E-state index contributed by atoms with van der Waals surface area (Å²) < 4.78 is 11.4. The number of carbonyl (C=O) groups excluding carboxylic acids is 1. The third-order valence-corrected chi connectivity index (χ3v) is 4.36. The fourth-order valence-corrected chi connectivity index (χ4v) is 2.86. The van der Waals surface area contributed by atoms with Crippen molar-refractivity contribution in [3.8, 4) is 11.5 Å². The molecule has 0 atom stereocenters. The second kappa shape index (κ2) is 10.4. The molecule has 3 rings (SSSR count). The van der Waals surface area contributed by atoms with Crippen LogP contribution in [0.15, 0.2) is 61.1 Å². The van der Waals surface area contributed by atoms with Gasteiger partial charge in [-0.25, -0.2) is 4.98 Å². The number of carbonyl (C=O) groups is 1. The highest BCUT2D eigenvalue weighted by molar-refractivity contribution is 6.32. The number of nitrogens with one attached hydrogen (secondary N) is 1. The molecule has 1 aromatic carbocycles. The van der Waals surface area contributed by atoms with Gasteiger partial charge < -0.3 is 14.8 Å². The monoisotopic (exact) mass is 411 g/mol. The van der Waals surface area contributed by atoms with Crippen LogP contribution in [0.25, 0.3) is 0 Å². The average molecular weight is 412 g/mol. The zero-order chi connectivity index (χ0) is 20.5. The molecule has 0 aliphatic rings. The van der Waals surface area contributed by atoms with Crippen molar-refractivity contribution in [2.45, 2.75) is 26.4 Å². The molecule has 1 amide bonds. The molecule has 1 N–H and O–H groups in total. The van der Waals surface area contributed by atoms with Crippen LogP contribution in [0.5, 0.6) is 11.5 Å². The topological polar surface area (TPSA) is 73.3 Å². The van der Waals surface area contributed by atoms with Crippen molar-refractivity contribution in [1.82, 2.24) is 9.97 Å². The smallest absolute Gasteiger partial charge is 0.225 e. The van der Waals surface area contributed by atoms with E-state index in [1.807, 2.05) is 37.3 Å². The van der Waals surface area contributed by atoms with Crippen LogP contribution in [0.4, 0.5) is 5.82 Å². The molecule has 7 heteroatoms. The van der Waals surface area contributed by atoms with E-state index in [1.54, 1.807) is 30.7 Å². The van der Waals surface area contributed by atoms with Gasteiger partial charge in [0.15, 0.2) is 11.6 Å². The van der Waals surface area contributed by atoms with Gasteiger partial charge in [0.1, 0.15) is 12.4 Å². The number of nitrogens with zero attached hydrogens (tertiary/aromatic N) is 2. The van der Waals surface area contributed by atoms with Gasteiger partial charge in [-0.1, -0.05) is 17.7 Å². The zero-order valence-corrected chi connectivity index (χ0v) is 16.9. The van der Waals surface area contributed by atoms with Crippen LogP contribution in [0.2, 0.25) is 5.02 Å². The van der Waals surface area contributed by atoms with Gasteiger partial charge in [0.2, 0.25) is 5.91 Å². The molecule has 0 aliphatic carbocycles. The normalized spacial score (nSPS) is 10.4. The van der Waals surface area contributed by atoms with Gasteiger partial charge in [0.25, 0.3) is 0 Å². The van der Waals surface area contributed by atoms with Gasteiger partial charge in [-0.3, -0.25) is 9.78 Å². The minimum Gasteiger partial charge on any atom is -0.492 e. The van der Waals surface area contributed by atoms with Gasteiger partial charge in [-0.15, -0.1) is 0 Å². The molecule has 6 nitrogen and oxygen atoms in total. The summed E-state index contributed by atoms with van der Waals surface area (Å²) in [5.74, 6) is 1.37. The predicted octanol–water partition coefficient (Wildman–Crippen LogP) is 4.82. The lowest BCUT2D eigenvalue weighted by Crippen LogP contribution is -2.14. The van der Waals surface area contributed by atoms with Gasteiger partial charge in [-0.05, 0) is 60.9 Å². The Morgan fingerprint density at radius 3 is 2.69 bits per heavy atom. The number of hydrogen-bond donors (Lipinski definition) is 1. The van der Waals surface area contributed by atoms with Crippen molar-refractivity contribution in [3.63, 3.8) is 0 Å². The first kappa shape index (κ1) is 20.6. The maximum Gasteiger partial charge on any atom is 0.225 e. The van der Waals surface area contributed by atoms with E-state index < -0.39 is 0 Å². The van der Waals surface area contributed by atoms with E-state index >= 15 is 0 Å². The highest BCUT2D eigenvalue weighted by Gasteiger charge is 2.10. The second-order valence-corrected chi connectivity index (χ2v) is 6.84. The van der Waals surface area contributed by atoms with Crippen molar-refractivity contribution in [2.75, 3.05) is 11.9 Å². The van der Waals surface area contributed by atoms with Crippen molar-refractivity contribution in [2.24, 2.45) is 0 Å². The summed E-state index contributed by atoms with van der Waals surface area (Å²) in [6.07, 6.45) is 5.87. The first-order chi connectivity index (χ1) is 14.1. The Labute approximate surface area is 174 Å². The van der Waals surface area contributed by atoms with Crippen molar-refractivity contribution in [3.05, 3.63) is 77.2 Å². The number of aromatic nitrogens is 2. The van der Waals surface area contributed by atoms with E-state index in [4.69, 9.17) is 21.1 Å². The molecular weight excluding hydrogens is 390 g/mol. The summed E-state index contributed by atoms with van der Waals surface area (Å²) >= 11 is 6.14. The minimum atomic E-state index is -0.156. The lowest BCUT2D eigenvalue weighted by Gasteiger charge is -2.12. The number of benzene rings is 1. The summed E-state index contributed by atoms with van der Waals surface area (Å²) in [6.45, 7) is 2.72. The van der Waals surface area contributed by atoms with E-state index in [2.05, 4.69) is 15.3 Å². The third-order valence-electron chi connectivity index (χ3n) is 4.07. The lowest BCUT2D eigenvalue weighted by atomic mass is 10.2. The van der Waals surface area contributed by atoms with Gasteiger partial charge in [-0.2, -0.15) is 0 Å². The SMILES string of the molecule is Cc1ccc(OCCCC(=O)Nc2ncccc2OCc2ccncc2)c(Cl)c1. The summed E-state index contributed by atoms with van der Waals surface area (Å²) in [4.78, 5) is 20.5. The molecule has 0 spiro atoms. The van der Waals surface area contributed by atoms with E-state index in [0.717, 1.165) is 11.1 Å². The highest BCUT2D eigenvalue weighted by atomic mass is 35.5. The van der Waals surface area contributed by atoms with E-state index in [9.17, 15) is 4.79 Å². The summed E-state index contributed by atoms with van der Waals surface area (Å²) in [6, 6.07) is 12.9. The Balaban J connectivity index is 1.46. The number of aryl methyl sites for hydroxylation is 1. The lowest BCUT2D eigenvalue weighted by molar-refractivity contribution is -0.116. The molecule has 29 heavy (non-hydrogen) atoms. The predicted molar refractivity (Wildman–Crippen MR) is 112 cm³/mol. The first-order valence-electron chi connectivity index (χ1n) is 9.27. The average Bonchev–Trinajstić information content (AvgIpc) is 2.72. The molecule has 0 aliphatic heterocycles. The summed E-state index contributed by atoms with van der Waals surface area (Å²) in [5, 5.41) is 3.36. The second-order valence-electron chi connectivity index (χ2n) is 6.43. The van der Waals surface area contributed by atoms with Gasteiger partial charge in [0, 0.05) is 25.0 Å². The Hall–Kier alpha value is -3.12. The number of pyridine rings is 2. The Kier molecular flexibility index (Phi) is 7.41. The van der Waals surface area contributed by atoms with Crippen LogP contribution in [-0.2, 0) is 11.4 Å². The molecule has 0 unspecified atom stereocenters. The standard InChI is InChI=1S/C22H22ClN3O3/c1-16-6-7-19(18(23)14-16)28-13-3-5-21(27)26-22-20(4-2-10-25-22)29-15-17-8-11-24-12-9-17/h2,4,6-12,14H,3,5,13,15H2,1H3,(H,25,26,27). The first-order valence-corrected chi connectivity index (χ1v) is 9.65. The molecule has 0 saturated heterocycles. The maximum absolute atomic E-state index is 12.3. The third kappa shape index (κ3) is 6.47. The zero-order valence-electron chi connectivity index (χ0n) is 16.1. The quantitative estimate of drug-likeness (QED) is 0.511. The van der Waals surface area contributed by atoms with Crippen molar-refractivity contribution in [1.29, 1.82) is 0 Å². The van der Waals surface area contributed by atoms with Crippen LogP contribution >= 0.6 is 11.6 Å². The molecule has 0 bridgehead atoms. The van der Waals surface area contributed by atoms with Gasteiger partial charge in [0.05, 0.1) is 11.6 Å². The minimum absolute atomic E-state index is 0.156. The molecule has 150 valence electrons. The van der Waals surface area contributed by atoms with Crippen LogP contribution in [-0.4, -0.2) is 22.5 Å². The Morgan fingerprint density at radius 1 is 1.07 bits per heavy atom. The van der Waals surface area contributed by atoms with Crippen molar-refractivity contribution < 1.29 is 14.3 Å². The van der Waals surface area contributed by atoms with E-state index in [-0.39, 0.29) is 5.91 Å². The van der Waals surface area contributed by atoms with E-state index in [0.29, 0.717) is 48.4 Å². The molecule has 0 radical (unpaired) electrons. The number of ether oxygens (including phenoxy) is 2. The number of amides is 1. The number of hydrogen-bond acceptors (Lipinski definition) is 5. The van der Waals surface area contributed by atoms with Crippen LogP contribution in [0, 0.1) is 6.92 Å². The molecule has 2 heterocycles.